The third kappa shape index (κ3) is 4.87. The molecule has 37 heavy (non-hydrogen) atoms. The summed E-state index contributed by atoms with van der Waals surface area (Å²) in [5, 5.41) is 12.2. The number of nitrogens with zero attached hydrogens (tertiary/aromatic N) is 2. The third-order valence-corrected chi connectivity index (χ3v) is 7.29. The first-order chi connectivity index (χ1) is 17.8. The Bertz CT molecular complexity index is 1140. The predicted octanol–water partition coefficient (Wildman–Crippen LogP) is 4.80. The molecule has 1 spiro atoms. The Morgan fingerprint density at radius 1 is 1.16 bits per heavy atom. The number of halogens is 4. The van der Waals surface area contributed by atoms with Gasteiger partial charge in [-0.25, -0.2) is 4.39 Å². The minimum atomic E-state index is -4.77. The van der Waals surface area contributed by atoms with E-state index in [9.17, 15) is 13.2 Å². The zero-order valence-corrected chi connectivity index (χ0v) is 20.6. The summed E-state index contributed by atoms with van der Waals surface area (Å²) in [6.07, 6.45) is -0.332. The molecule has 1 N–H and O–H groups in total. The Morgan fingerprint density at radius 3 is 2.68 bits per heavy atom. The Labute approximate surface area is 211 Å². The average molecular weight is 528 g/mol. The number of nitrogens with one attached hydrogen (secondary N) is 1. The van der Waals surface area contributed by atoms with Crippen molar-refractivity contribution in [3.63, 3.8) is 0 Å². The number of anilines is 1. The van der Waals surface area contributed by atoms with Gasteiger partial charge in [0.05, 0.1) is 36.5 Å². The van der Waals surface area contributed by atoms with Gasteiger partial charge in [-0.05, 0) is 25.0 Å². The summed E-state index contributed by atoms with van der Waals surface area (Å²) < 4.78 is 83.5. The van der Waals surface area contributed by atoms with Crippen LogP contribution in [0, 0.1) is 5.82 Å². The highest BCUT2D eigenvalue weighted by Gasteiger charge is 2.48. The maximum absolute atomic E-state index is 15.4. The zero-order valence-electron chi connectivity index (χ0n) is 20.6. The van der Waals surface area contributed by atoms with Crippen LogP contribution in [0.5, 0.6) is 5.75 Å². The highest BCUT2D eigenvalue weighted by atomic mass is 19.4. The topological polar surface area (TPSA) is 84.0 Å². The largest absolute Gasteiger partial charge is 0.467 e. The number of methoxy groups -OCH3 is 2. The number of rotatable bonds is 7. The standard InChI is InChI=1S/C25H29F4N3O5/c1-33-13-36-19-10-14(25(27,28)29)9-16(26)20(19)22-15-11-37-24(7-8-35-12-24)21(15)23(32-31-22)30-17-5-3-4-6-18(17)34-2/h9-10,17-18H,3-8,11-13H2,1-2H3,(H,30,32)/t17-,18-,24?/m1/s1. The van der Waals surface area contributed by atoms with E-state index in [1.807, 2.05) is 0 Å². The minimum Gasteiger partial charge on any atom is -0.467 e. The van der Waals surface area contributed by atoms with E-state index in [0.29, 0.717) is 36.0 Å². The SMILES string of the molecule is COCOc1cc(C(F)(F)F)cc(F)c1-c1nnc(N[C@@H]2CCCC[C@H]2OC)c2c1COC21CCOC1. The molecule has 202 valence electrons. The monoisotopic (exact) mass is 527 g/mol. The van der Waals surface area contributed by atoms with E-state index in [2.05, 4.69) is 15.5 Å². The Hall–Kier alpha value is -2.54. The van der Waals surface area contributed by atoms with Gasteiger partial charge in [0.15, 0.2) is 12.6 Å². The van der Waals surface area contributed by atoms with Gasteiger partial charge in [-0.3, -0.25) is 0 Å². The molecule has 12 heteroatoms. The molecule has 3 heterocycles. The van der Waals surface area contributed by atoms with E-state index in [0.717, 1.165) is 31.7 Å². The molecule has 2 aliphatic heterocycles. The van der Waals surface area contributed by atoms with Crippen molar-refractivity contribution in [1.82, 2.24) is 10.2 Å². The highest BCUT2D eigenvalue weighted by Crippen LogP contribution is 2.50. The molecule has 3 atom stereocenters. The van der Waals surface area contributed by atoms with Crippen molar-refractivity contribution < 1.29 is 41.2 Å². The number of hydrogen-bond acceptors (Lipinski definition) is 8. The van der Waals surface area contributed by atoms with Crippen LogP contribution in [0.1, 0.15) is 48.8 Å². The van der Waals surface area contributed by atoms with Gasteiger partial charge < -0.3 is 29.0 Å². The van der Waals surface area contributed by atoms with E-state index in [4.69, 9.17) is 23.7 Å². The Kier molecular flexibility index (Phi) is 7.27. The lowest BCUT2D eigenvalue weighted by molar-refractivity contribution is -0.137. The average Bonchev–Trinajstić information content (AvgIpc) is 3.51. The van der Waals surface area contributed by atoms with Crippen LogP contribution in [-0.2, 0) is 37.3 Å². The van der Waals surface area contributed by atoms with Crippen molar-refractivity contribution in [1.29, 1.82) is 0 Å². The summed E-state index contributed by atoms with van der Waals surface area (Å²) in [4.78, 5) is 0. The molecule has 1 aromatic carbocycles. The summed E-state index contributed by atoms with van der Waals surface area (Å²) >= 11 is 0. The van der Waals surface area contributed by atoms with Gasteiger partial charge in [0.25, 0.3) is 0 Å². The predicted molar refractivity (Wildman–Crippen MR) is 124 cm³/mol. The Balaban J connectivity index is 1.64. The van der Waals surface area contributed by atoms with Crippen molar-refractivity contribution in [2.45, 2.75) is 62.6 Å². The molecule has 8 nitrogen and oxygen atoms in total. The molecule has 2 aromatic rings. The van der Waals surface area contributed by atoms with E-state index in [1.54, 1.807) is 7.11 Å². The quantitative estimate of drug-likeness (QED) is 0.406. The molecule has 5 rings (SSSR count). The highest BCUT2D eigenvalue weighted by molar-refractivity contribution is 5.75. The first kappa shape index (κ1) is 26.1. The third-order valence-electron chi connectivity index (χ3n) is 7.29. The summed E-state index contributed by atoms with van der Waals surface area (Å²) in [7, 11) is 2.99. The van der Waals surface area contributed by atoms with E-state index < -0.39 is 23.2 Å². The van der Waals surface area contributed by atoms with Crippen LogP contribution in [0.25, 0.3) is 11.3 Å². The van der Waals surface area contributed by atoms with Crippen molar-refractivity contribution in [3.8, 4) is 17.0 Å². The maximum atomic E-state index is 15.4. The lowest BCUT2D eigenvalue weighted by Crippen LogP contribution is -2.39. The van der Waals surface area contributed by atoms with Crippen LogP contribution in [-0.4, -0.2) is 56.6 Å². The summed E-state index contributed by atoms with van der Waals surface area (Å²) in [6, 6.07) is 1.17. The van der Waals surface area contributed by atoms with Crippen LogP contribution in [0.15, 0.2) is 12.1 Å². The van der Waals surface area contributed by atoms with Gasteiger partial charge in [-0.15, -0.1) is 10.2 Å². The first-order valence-electron chi connectivity index (χ1n) is 12.2. The van der Waals surface area contributed by atoms with Crippen LogP contribution >= 0.6 is 0 Å². The van der Waals surface area contributed by atoms with Crippen molar-refractivity contribution in [3.05, 3.63) is 34.6 Å². The first-order valence-corrected chi connectivity index (χ1v) is 12.2. The normalized spacial score (nSPS) is 25.5. The van der Waals surface area contributed by atoms with Gasteiger partial charge in [-0.2, -0.15) is 13.2 Å². The molecule has 0 radical (unpaired) electrons. The summed E-state index contributed by atoms with van der Waals surface area (Å²) in [6.45, 7) is 0.441. The fourth-order valence-electron chi connectivity index (χ4n) is 5.48. The Morgan fingerprint density at radius 2 is 1.97 bits per heavy atom. The maximum Gasteiger partial charge on any atom is 0.416 e. The molecular formula is C25H29F4N3O5. The molecule has 3 aliphatic rings. The van der Waals surface area contributed by atoms with Gasteiger partial charge >= 0.3 is 6.18 Å². The smallest absolute Gasteiger partial charge is 0.416 e. The lowest BCUT2D eigenvalue weighted by Gasteiger charge is -2.33. The second-order valence-corrected chi connectivity index (χ2v) is 9.53. The van der Waals surface area contributed by atoms with Crippen LogP contribution in [0.3, 0.4) is 0 Å². The molecule has 0 amide bonds. The molecule has 1 aliphatic carbocycles. The van der Waals surface area contributed by atoms with Crippen LogP contribution in [0.4, 0.5) is 23.4 Å². The zero-order chi connectivity index (χ0) is 26.2. The van der Waals surface area contributed by atoms with E-state index in [-0.39, 0.29) is 49.2 Å². The number of fused-ring (bicyclic) bond motifs is 2. The molecule has 2 fully saturated rings. The fourth-order valence-corrected chi connectivity index (χ4v) is 5.48. The minimum absolute atomic E-state index is 0.00799. The second kappa shape index (κ2) is 10.3. The number of ether oxygens (including phenoxy) is 5. The number of benzene rings is 1. The lowest BCUT2D eigenvalue weighted by atomic mass is 9.88. The number of hydrogen-bond donors (Lipinski definition) is 1. The van der Waals surface area contributed by atoms with Crippen molar-refractivity contribution in [2.75, 3.05) is 39.5 Å². The summed E-state index contributed by atoms with van der Waals surface area (Å²) in [5.41, 5.74) is -0.931. The van der Waals surface area contributed by atoms with Crippen LogP contribution in [0.2, 0.25) is 0 Å². The number of alkyl halides is 3. The van der Waals surface area contributed by atoms with E-state index in [1.165, 1.54) is 7.11 Å². The van der Waals surface area contributed by atoms with Crippen molar-refractivity contribution >= 4 is 5.82 Å². The van der Waals surface area contributed by atoms with Crippen LogP contribution < -0.4 is 10.1 Å². The molecule has 1 saturated carbocycles. The number of aromatic nitrogens is 2. The van der Waals surface area contributed by atoms with Gasteiger partial charge in [-0.1, -0.05) is 12.8 Å². The molecular weight excluding hydrogens is 498 g/mol. The van der Waals surface area contributed by atoms with Gasteiger partial charge in [0.2, 0.25) is 0 Å². The summed E-state index contributed by atoms with van der Waals surface area (Å²) in [5.74, 6) is -0.988. The molecule has 1 unspecified atom stereocenters. The van der Waals surface area contributed by atoms with Gasteiger partial charge in [0, 0.05) is 38.4 Å². The van der Waals surface area contributed by atoms with Crippen molar-refractivity contribution in [2.24, 2.45) is 0 Å². The van der Waals surface area contributed by atoms with Gasteiger partial charge in [0.1, 0.15) is 22.9 Å². The fraction of sp³-hybridized carbons (Fsp3) is 0.600. The second-order valence-electron chi connectivity index (χ2n) is 9.53. The molecule has 1 aromatic heterocycles. The molecule has 0 bridgehead atoms. The molecule has 1 saturated heterocycles. The van der Waals surface area contributed by atoms with E-state index >= 15 is 4.39 Å².